The molecule has 2 aliphatic rings. The van der Waals surface area contributed by atoms with Gasteiger partial charge in [0.2, 0.25) is 0 Å². The number of allylic oxidation sites excluding steroid dienone is 1. The zero-order chi connectivity index (χ0) is 12.5. The van der Waals surface area contributed by atoms with Crippen LogP contribution in [0.1, 0.15) is 46.5 Å². The normalized spacial score (nSPS) is 34.1. The molecule has 2 rings (SSSR count). The van der Waals surface area contributed by atoms with Gasteiger partial charge in [0.25, 0.3) is 0 Å². The molecule has 1 aliphatic heterocycles. The zero-order valence-electron chi connectivity index (χ0n) is 11.2. The number of aliphatic hydroxyl groups excluding tert-OH is 1. The van der Waals surface area contributed by atoms with E-state index in [-0.39, 0.29) is 11.5 Å². The van der Waals surface area contributed by atoms with Crippen molar-refractivity contribution in [3.05, 3.63) is 11.6 Å². The molecular weight excluding hydrogens is 216 g/mol. The van der Waals surface area contributed by atoms with Crippen molar-refractivity contribution in [1.29, 1.82) is 0 Å². The molecule has 0 aromatic carbocycles. The van der Waals surface area contributed by atoms with Crippen molar-refractivity contribution in [3.63, 3.8) is 0 Å². The molecule has 1 saturated carbocycles. The SMILES string of the molecule is CC/C=C1/CC(O)CC2(COC(C)(C)OC2)C1. The Balaban J connectivity index is 2.07. The van der Waals surface area contributed by atoms with E-state index < -0.39 is 5.79 Å². The first-order valence-corrected chi connectivity index (χ1v) is 6.59. The Morgan fingerprint density at radius 3 is 2.59 bits per heavy atom. The highest BCUT2D eigenvalue weighted by Gasteiger charge is 2.44. The number of rotatable bonds is 1. The fraction of sp³-hybridized carbons (Fsp3) is 0.857. The minimum Gasteiger partial charge on any atom is -0.393 e. The van der Waals surface area contributed by atoms with Gasteiger partial charge >= 0.3 is 0 Å². The van der Waals surface area contributed by atoms with E-state index in [2.05, 4.69) is 13.0 Å². The topological polar surface area (TPSA) is 38.7 Å². The summed E-state index contributed by atoms with van der Waals surface area (Å²) < 4.78 is 11.5. The van der Waals surface area contributed by atoms with Crippen molar-refractivity contribution in [2.24, 2.45) is 5.41 Å². The monoisotopic (exact) mass is 240 g/mol. The molecule has 1 N–H and O–H groups in total. The lowest BCUT2D eigenvalue weighted by atomic mass is 9.71. The highest BCUT2D eigenvalue weighted by Crippen LogP contribution is 2.43. The molecule has 0 aromatic rings. The molecule has 1 unspecified atom stereocenters. The van der Waals surface area contributed by atoms with Gasteiger partial charge in [0.15, 0.2) is 5.79 Å². The average Bonchev–Trinajstić information content (AvgIpc) is 2.23. The van der Waals surface area contributed by atoms with Crippen molar-refractivity contribution < 1.29 is 14.6 Å². The third kappa shape index (κ3) is 3.09. The fourth-order valence-electron chi connectivity index (χ4n) is 2.90. The molecule has 98 valence electrons. The van der Waals surface area contributed by atoms with Crippen LogP contribution in [0.3, 0.4) is 0 Å². The first-order chi connectivity index (χ1) is 7.95. The lowest BCUT2D eigenvalue weighted by Gasteiger charge is -2.47. The van der Waals surface area contributed by atoms with Gasteiger partial charge in [-0.2, -0.15) is 0 Å². The standard InChI is InChI=1S/C14H24O3/c1-4-5-11-6-12(15)8-14(7-11)9-16-13(2,3)17-10-14/h5,12,15H,4,6-10H2,1-3H3/b11-5-. The van der Waals surface area contributed by atoms with Crippen LogP contribution in [0.2, 0.25) is 0 Å². The molecule has 0 bridgehead atoms. The number of hydrogen-bond donors (Lipinski definition) is 1. The molecule has 1 atom stereocenters. The number of ether oxygens (including phenoxy) is 2. The van der Waals surface area contributed by atoms with E-state index in [0.29, 0.717) is 13.2 Å². The first-order valence-electron chi connectivity index (χ1n) is 6.59. The van der Waals surface area contributed by atoms with E-state index in [9.17, 15) is 5.11 Å². The fourth-order valence-corrected chi connectivity index (χ4v) is 2.90. The van der Waals surface area contributed by atoms with Gasteiger partial charge in [-0.15, -0.1) is 0 Å². The van der Waals surface area contributed by atoms with Crippen molar-refractivity contribution in [3.8, 4) is 0 Å². The van der Waals surface area contributed by atoms with E-state index in [0.717, 1.165) is 25.7 Å². The van der Waals surface area contributed by atoms with Gasteiger partial charge in [-0.25, -0.2) is 0 Å². The summed E-state index contributed by atoms with van der Waals surface area (Å²) >= 11 is 0. The summed E-state index contributed by atoms with van der Waals surface area (Å²) in [6.45, 7) is 7.41. The number of hydrogen-bond acceptors (Lipinski definition) is 3. The third-order valence-electron chi connectivity index (χ3n) is 3.71. The van der Waals surface area contributed by atoms with Crippen LogP contribution in [0.25, 0.3) is 0 Å². The summed E-state index contributed by atoms with van der Waals surface area (Å²) in [7, 11) is 0. The molecule has 0 amide bonds. The lowest BCUT2D eigenvalue weighted by molar-refractivity contribution is -0.290. The first kappa shape index (κ1) is 13.1. The Bertz CT molecular complexity index is 297. The van der Waals surface area contributed by atoms with E-state index in [1.807, 2.05) is 13.8 Å². The second kappa shape index (κ2) is 4.71. The Morgan fingerprint density at radius 2 is 2.00 bits per heavy atom. The van der Waals surface area contributed by atoms with Gasteiger partial charge in [0.1, 0.15) is 0 Å². The summed E-state index contributed by atoms with van der Waals surface area (Å²) in [6.07, 6.45) is 5.65. The minimum absolute atomic E-state index is 0.00576. The van der Waals surface area contributed by atoms with Crippen molar-refractivity contribution in [1.82, 2.24) is 0 Å². The predicted molar refractivity (Wildman–Crippen MR) is 66.6 cm³/mol. The maximum Gasteiger partial charge on any atom is 0.162 e. The van der Waals surface area contributed by atoms with Gasteiger partial charge < -0.3 is 14.6 Å². The second-order valence-electron chi connectivity index (χ2n) is 5.99. The third-order valence-corrected chi connectivity index (χ3v) is 3.71. The van der Waals surface area contributed by atoms with Gasteiger partial charge in [0.05, 0.1) is 19.3 Å². The molecule has 1 aliphatic carbocycles. The molecule has 2 fully saturated rings. The summed E-state index contributed by atoms with van der Waals surface area (Å²) in [5, 5.41) is 10.0. The van der Waals surface area contributed by atoms with Gasteiger partial charge in [-0.05, 0) is 39.5 Å². The lowest BCUT2D eigenvalue weighted by Crippen LogP contribution is -2.49. The Hall–Kier alpha value is -0.380. The summed E-state index contributed by atoms with van der Waals surface area (Å²) in [6, 6.07) is 0. The molecule has 3 heteroatoms. The van der Waals surface area contributed by atoms with E-state index in [4.69, 9.17) is 9.47 Å². The van der Waals surface area contributed by atoms with Crippen LogP contribution >= 0.6 is 0 Å². The Morgan fingerprint density at radius 1 is 1.35 bits per heavy atom. The summed E-state index contributed by atoms with van der Waals surface area (Å²) in [5.41, 5.74) is 1.35. The van der Waals surface area contributed by atoms with Crippen LogP contribution in [0.5, 0.6) is 0 Å². The predicted octanol–water partition coefficient (Wildman–Crippen LogP) is 2.64. The van der Waals surface area contributed by atoms with Crippen LogP contribution in [-0.4, -0.2) is 30.2 Å². The van der Waals surface area contributed by atoms with Gasteiger partial charge in [-0.3, -0.25) is 0 Å². The van der Waals surface area contributed by atoms with E-state index in [1.54, 1.807) is 0 Å². The summed E-state index contributed by atoms with van der Waals surface area (Å²) in [4.78, 5) is 0. The molecule has 17 heavy (non-hydrogen) atoms. The van der Waals surface area contributed by atoms with Crippen LogP contribution in [0, 0.1) is 5.41 Å². The van der Waals surface area contributed by atoms with Crippen LogP contribution in [0.4, 0.5) is 0 Å². The smallest absolute Gasteiger partial charge is 0.162 e. The minimum atomic E-state index is -0.470. The molecule has 3 nitrogen and oxygen atoms in total. The molecule has 0 radical (unpaired) electrons. The van der Waals surface area contributed by atoms with Gasteiger partial charge in [0, 0.05) is 5.41 Å². The highest BCUT2D eigenvalue weighted by atomic mass is 16.7. The Labute approximate surface area is 104 Å². The molecule has 1 heterocycles. The van der Waals surface area contributed by atoms with E-state index >= 15 is 0 Å². The van der Waals surface area contributed by atoms with Crippen molar-refractivity contribution in [2.45, 2.75) is 58.3 Å². The van der Waals surface area contributed by atoms with Crippen LogP contribution in [0.15, 0.2) is 11.6 Å². The number of aliphatic hydroxyl groups is 1. The van der Waals surface area contributed by atoms with Crippen LogP contribution in [-0.2, 0) is 9.47 Å². The molecule has 0 aromatic heterocycles. The largest absolute Gasteiger partial charge is 0.393 e. The van der Waals surface area contributed by atoms with E-state index in [1.165, 1.54) is 5.57 Å². The maximum absolute atomic E-state index is 10.0. The second-order valence-corrected chi connectivity index (χ2v) is 5.99. The van der Waals surface area contributed by atoms with Crippen molar-refractivity contribution >= 4 is 0 Å². The molecular formula is C14H24O3. The zero-order valence-corrected chi connectivity index (χ0v) is 11.2. The van der Waals surface area contributed by atoms with Crippen LogP contribution < -0.4 is 0 Å². The maximum atomic E-state index is 10.0. The van der Waals surface area contributed by atoms with Crippen molar-refractivity contribution in [2.75, 3.05) is 13.2 Å². The van der Waals surface area contributed by atoms with Gasteiger partial charge in [-0.1, -0.05) is 18.6 Å². The molecule has 1 saturated heterocycles. The molecule has 1 spiro atoms. The quantitative estimate of drug-likeness (QED) is 0.716. The Kier molecular flexibility index (Phi) is 3.62. The summed E-state index contributed by atoms with van der Waals surface area (Å²) in [5.74, 6) is -0.470. The highest BCUT2D eigenvalue weighted by molar-refractivity contribution is 5.12. The average molecular weight is 240 g/mol.